The second-order valence-corrected chi connectivity index (χ2v) is 10.9. The van der Waals surface area contributed by atoms with Crippen molar-refractivity contribution in [1.82, 2.24) is 10.6 Å². The molecule has 0 aromatic carbocycles. The van der Waals surface area contributed by atoms with Crippen molar-refractivity contribution in [3.8, 4) is 0 Å². The van der Waals surface area contributed by atoms with Gasteiger partial charge in [-0.2, -0.15) is 0 Å². The number of hydrogen-bond acceptors (Lipinski definition) is 4. The lowest BCUT2D eigenvalue weighted by molar-refractivity contribution is -0.0611. The van der Waals surface area contributed by atoms with E-state index in [0.717, 1.165) is 13.1 Å². The fourth-order valence-corrected chi connectivity index (χ4v) is 6.55. The van der Waals surface area contributed by atoms with Gasteiger partial charge in [0.2, 0.25) is 0 Å². The van der Waals surface area contributed by atoms with E-state index >= 15 is 0 Å². The van der Waals surface area contributed by atoms with E-state index in [2.05, 4.69) is 10.6 Å². The van der Waals surface area contributed by atoms with E-state index in [9.17, 15) is 0 Å². The smallest absolute Gasteiger partial charge is 0.0731 e. The van der Waals surface area contributed by atoms with Gasteiger partial charge in [0.15, 0.2) is 0 Å². The van der Waals surface area contributed by atoms with Gasteiger partial charge in [-0.1, -0.05) is 64.2 Å². The lowest BCUT2D eigenvalue weighted by atomic mass is 9.90. The minimum absolute atomic E-state index is 0.455. The standard InChI is InChI=1S/C27H50N2O2/c1-3-12-22(13-4-1)30-26-18-9-7-16-24(26)28-20-11-21-29-25-17-8-10-19-27(25)31-23-14-5-2-6-15-23/h22-29H,1-21H2. The molecule has 4 aliphatic carbocycles. The highest BCUT2D eigenvalue weighted by molar-refractivity contribution is 4.85. The molecule has 31 heavy (non-hydrogen) atoms. The van der Waals surface area contributed by atoms with E-state index in [4.69, 9.17) is 9.47 Å². The van der Waals surface area contributed by atoms with Crippen LogP contribution in [0.2, 0.25) is 0 Å². The molecular formula is C27H50N2O2. The van der Waals surface area contributed by atoms with E-state index < -0.39 is 0 Å². The van der Waals surface area contributed by atoms with Crippen LogP contribution in [0, 0.1) is 0 Å². The van der Waals surface area contributed by atoms with Gasteiger partial charge >= 0.3 is 0 Å². The fraction of sp³-hybridized carbons (Fsp3) is 1.00. The first-order chi connectivity index (χ1) is 15.4. The van der Waals surface area contributed by atoms with Crippen molar-refractivity contribution in [1.29, 1.82) is 0 Å². The van der Waals surface area contributed by atoms with Gasteiger partial charge < -0.3 is 20.1 Å². The van der Waals surface area contributed by atoms with Gasteiger partial charge in [-0.3, -0.25) is 0 Å². The molecule has 4 unspecified atom stereocenters. The number of ether oxygens (including phenoxy) is 2. The maximum atomic E-state index is 6.59. The van der Waals surface area contributed by atoms with Crippen molar-refractivity contribution < 1.29 is 9.47 Å². The summed E-state index contributed by atoms with van der Waals surface area (Å²) in [6.07, 6.45) is 27.2. The van der Waals surface area contributed by atoms with Crippen LogP contribution in [0.1, 0.15) is 122 Å². The Morgan fingerprint density at radius 1 is 0.452 bits per heavy atom. The molecule has 0 heterocycles. The number of hydrogen-bond donors (Lipinski definition) is 2. The summed E-state index contributed by atoms with van der Waals surface area (Å²) in [5, 5.41) is 7.76. The zero-order valence-electron chi connectivity index (χ0n) is 20.1. The molecule has 0 aromatic rings. The van der Waals surface area contributed by atoms with Crippen LogP contribution in [0.4, 0.5) is 0 Å². The van der Waals surface area contributed by atoms with E-state index in [-0.39, 0.29) is 0 Å². The molecule has 4 rings (SSSR count). The molecule has 4 heteroatoms. The summed E-state index contributed by atoms with van der Waals surface area (Å²) < 4.78 is 13.2. The summed E-state index contributed by atoms with van der Waals surface area (Å²) in [4.78, 5) is 0. The van der Waals surface area contributed by atoms with Crippen molar-refractivity contribution in [3.05, 3.63) is 0 Å². The summed E-state index contributed by atoms with van der Waals surface area (Å²) in [5.41, 5.74) is 0. The highest BCUT2D eigenvalue weighted by atomic mass is 16.5. The minimum Gasteiger partial charge on any atom is -0.373 e. The van der Waals surface area contributed by atoms with Crippen LogP contribution in [0.5, 0.6) is 0 Å². The van der Waals surface area contributed by atoms with Crippen LogP contribution in [0.15, 0.2) is 0 Å². The minimum atomic E-state index is 0.455. The van der Waals surface area contributed by atoms with Gasteiger partial charge in [0.1, 0.15) is 0 Å². The van der Waals surface area contributed by atoms with Crippen LogP contribution >= 0.6 is 0 Å². The summed E-state index contributed by atoms with van der Waals surface area (Å²) in [7, 11) is 0. The first-order valence-corrected chi connectivity index (χ1v) is 14.2. The average Bonchev–Trinajstić information content (AvgIpc) is 2.82. The topological polar surface area (TPSA) is 42.5 Å². The third-order valence-corrected chi connectivity index (χ3v) is 8.41. The largest absolute Gasteiger partial charge is 0.373 e. The Morgan fingerprint density at radius 3 is 1.29 bits per heavy atom. The van der Waals surface area contributed by atoms with Gasteiger partial charge in [-0.15, -0.1) is 0 Å². The normalized spacial score (nSPS) is 34.1. The number of rotatable bonds is 10. The highest BCUT2D eigenvalue weighted by Gasteiger charge is 2.30. The summed E-state index contributed by atoms with van der Waals surface area (Å²) >= 11 is 0. The zero-order chi connectivity index (χ0) is 21.1. The van der Waals surface area contributed by atoms with E-state index in [1.807, 2.05) is 0 Å². The predicted octanol–water partition coefficient (Wildman–Crippen LogP) is 5.88. The van der Waals surface area contributed by atoms with Crippen LogP contribution in [-0.4, -0.2) is 49.6 Å². The molecule has 2 N–H and O–H groups in total. The molecule has 0 amide bonds. The Labute approximate surface area is 192 Å². The first-order valence-electron chi connectivity index (χ1n) is 14.2. The highest BCUT2D eigenvalue weighted by Crippen LogP contribution is 2.29. The third kappa shape index (κ3) is 7.98. The molecule has 4 saturated carbocycles. The van der Waals surface area contributed by atoms with E-state index in [0.29, 0.717) is 36.5 Å². The molecule has 0 spiro atoms. The molecule has 4 atom stereocenters. The fourth-order valence-electron chi connectivity index (χ4n) is 6.55. The lowest BCUT2D eigenvalue weighted by Crippen LogP contribution is -2.47. The Bertz CT molecular complexity index is 434. The maximum Gasteiger partial charge on any atom is 0.0731 e. The Hall–Kier alpha value is -0.160. The second-order valence-electron chi connectivity index (χ2n) is 10.9. The quantitative estimate of drug-likeness (QED) is 0.422. The molecule has 4 fully saturated rings. The van der Waals surface area contributed by atoms with Crippen molar-refractivity contribution in [3.63, 3.8) is 0 Å². The van der Waals surface area contributed by atoms with E-state index in [1.54, 1.807) is 0 Å². The second kappa shape index (κ2) is 13.5. The SMILES string of the molecule is C1CCC(OC2CCCCC2NCCCNC2CCCCC2OC2CCCCC2)CC1. The summed E-state index contributed by atoms with van der Waals surface area (Å²) in [6, 6.07) is 1.15. The monoisotopic (exact) mass is 434 g/mol. The van der Waals surface area contributed by atoms with Crippen LogP contribution < -0.4 is 10.6 Å². The van der Waals surface area contributed by atoms with Crippen LogP contribution in [-0.2, 0) is 9.47 Å². The molecule has 4 nitrogen and oxygen atoms in total. The van der Waals surface area contributed by atoms with Crippen LogP contribution in [0.3, 0.4) is 0 Å². The average molecular weight is 435 g/mol. The van der Waals surface area contributed by atoms with Crippen molar-refractivity contribution >= 4 is 0 Å². The van der Waals surface area contributed by atoms with Crippen molar-refractivity contribution in [2.45, 2.75) is 158 Å². The predicted molar refractivity (Wildman–Crippen MR) is 129 cm³/mol. The van der Waals surface area contributed by atoms with Crippen LogP contribution in [0.25, 0.3) is 0 Å². The first kappa shape index (κ1) is 24.0. The zero-order valence-corrected chi connectivity index (χ0v) is 20.1. The van der Waals surface area contributed by atoms with Gasteiger partial charge in [-0.05, 0) is 70.9 Å². The Kier molecular flexibility index (Phi) is 10.5. The summed E-state index contributed by atoms with van der Waals surface area (Å²) in [6.45, 7) is 2.23. The van der Waals surface area contributed by atoms with Gasteiger partial charge in [0.25, 0.3) is 0 Å². The molecule has 0 bridgehead atoms. The van der Waals surface area contributed by atoms with Gasteiger partial charge in [0, 0.05) is 12.1 Å². The molecule has 0 aliphatic heterocycles. The molecule has 0 saturated heterocycles. The number of nitrogens with one attached hydrogen (secondary N) is 2. The molecule has 180 valence electrons. The van der Waals surface area contributed by atoms with Crippen molar-refractivity contribution in [2.75, 3.05) is 13.1 Å². The maximum absolute atomic E-state index is 6.59. The third-order valence-electron chi connectivity index (χ3n) is 8.41. The van der Waals surface area contributed by atoms with E-state index in [1.165, 1.54) is 122 Å². The molecule has 0 radical (unpaired) electrons. The van der Waals surface area contributed by atoms with Crippen molar-refractivity contribution in [2.24, 2.45) is 0 Å². The van der Waals surface area contributed by atoms with Gasteiger partial charge in [-0.25, -0.2) is 0 Å². The molecule has 0 aromatic heterocycles. The Morgan fingerprint density at radius 2 is 0.839 bits per heavy atom. The lowest BCUT2D eigenvalue weighted by Gasteiger charge is -2.37. The molecule has 4 aliphatic rings. The Balaban J connectivity index is 1.13. The molecular weight excluding hydrogens is 384 g/mol. The summed E-state index contributed by atoms with van der Waals surface area (Å²) in [5.74, 6) is 0. The van der Waals surface area contributed by atoms with Gasteiger partial charge in [0.05, 0.1) is 24.4 Å².